The van der Waals surface area contributed by atoms with E-state index in [0.29, 0.717) is 10.6 Å². The van der Waals surface area contributed by atoms with E-state index in [-0.39, 0.29) is 11.8 Å². The highest BCUT2D eigenvalue weighted by atomic mass is 35.5. The SMILES string of the molecule is COc1ccc2c(c1)CCC1=C2OC(N)=C(C#N)C1c1cccc(Cl)c1. The Hall–Kier alpha value is -2.90. The van der Waals surface area contributed by atoms with Crippen LogP contribution in [-0.2, 0) is 11.2 Å². The molecule has 0 aromatic heterocycles. The van der Waals surface area contributed by atoms with E-state index in [1.54, 1.807) is 7.11 Å². The van der Waals surface area contributed by atoms with Crippen molar-refractivity contribution in [2.24, 2.45) is 5.73 Å². The lowest BCUT2D eigenvalue weighted by Gasteiger charge is -2.33. The number of ether oxygens (including phenoxy) is 2. The van der Waals surface area contributed by atoms with Crippen molar-refractivity contribution in [2.75, 3.05) is 7.11 Å². The summed E-state index contributed by atoms with van der Waals surface area (Å²) in [6, 6.07) is 15.7. The molecule has 2 aromatic rings. The molecule has 2 aromatic carbocycles. The fourth-order valence-electron chi connectivity index (χ4n) is 3.73. The monoisotopic (exact) mass is 364 g/mol. The number of hydrogen-bond acceptors (Lipinski definition) is 4. The zero-order valence-electron chi connectivity index (χ0n) is 14.3. The molecule has 0 bridgehead atoms. The van der Waals surface area contributed by atoms with E-state index in [2.05, 4.69) is 6.07 Å². The third-order valence-electron chi connectivity index (χ3n) is 4.93. The van der Waals surface area contributed by atoms with Crippen LogP contribution < -0.4 is 10.5 Å². The van der Waals surface area contributed by atoms with Gasteiger partial charge >= 0.3 is 0 Å². The van der Waals surface area contributed by atoms with E-state index < -0.39 is 0 Å². The molecule has 2 N–H and O–H groups in total. The highest BCUT2D eigenvalue weighted by Crippen LogP contribution is 2.47. The molecule has 0 spiro atoms. The first-order valence-electron chi connectivity index (χ1n) is 8.35. The molecule has 0 saturated carbocycles. The Morgan fingerprint density at radius 1 is 1.23 bits per heavy atom. The number of hydrogen-bond donors (Lipinski definition) is 1. The van der Waals surface area contributed by atoms with Gasteiger partial charge in [-0.2, -0.15) is 5.26 Å². The zero-order chi connectivity index (χ0) is 18.3. The van der Waals surface area contributed by atoms with Crippen LogP contribution in [0.1, 0.15) is 29.0 Å². The Morgan fingerprint density at radius 2 is 2.08 bits per heavy atom. The summed E-state index contributed by atoms with van der Waals surface area (Å²) in [4.78, 5) is 0. The second-order valence-electron chi connectivity index (χ2n) is 6.36. The van der Waals surface area contributed by atoms with E-state index in [0.717, 1.165) is 46.6 Å². The van der Waals surface area contributed by atoms with Crippen molar-refractivity contribution in [3.63, 3.8) is 0 Å². The Kier molecular flexibility index (Phi) is 4.10. The topological polar surface area (TPSA) is 68.3 Å². The minimum Gasteiger partial charge on any atom is -0.497 e. The second-order valence-corrected chi connectivity index (χ2v) is 6.79. The zero-order valence-corrected chi connectivity index (χ0v) is 15.0. The third kappa shape index (κ3) is 2.61. The summed E-state index contributed by atoms with van der Waals surface area (Å²) in [6.45, 7) is 0. The lowest BCUT2D eigenvalue weighted by molar-refractivity contribution is 0.349. The minimum atomic E-state index is -0.238. The van der Waals surface area contributed by atoms with Crippen molar-refractivity contribution in [3.8, 4) is 11.8 Å². The lowest BCUT2D eigenvalue weighted by atomic mass is 9.76. The smallest absolute Gasteiger partial charge is 0.205 e. The molecule has 4 nitrogen and oxygen atoms in total. The van der Waals surface area contributed by atoms with Crippen molar-refractivity contribution in [1.82, 2.24) is 0 Å². The van der Waals surface area contributed by atoms with Crippen LogP contribution in [0.2, 0.25) is 5.02 Å². The van der Waals surface area contributed by atoms with Gasteiger partial charge in [-0.25, -0.2) is 0 Å². The molecule has 2 aliphatic rings. The molecule has 0 radical (unpaired) electrons. The molecule has 4 rings (SSSR count). The van der Waals surface area contributed by atoms with Crippen molar-refractivity contribution in [1.29, 1.82) is 5.26 Å². The summed E-state index contributed by atoms with van der Waals surface area (Å²) in [6.07, 6.45) is 1.63. The fraction of sp³-hybridized carbons (Fsp3) is 0.190. The van der Waals surface area contributed by atoms with Crippen molar-refractivity contribution in [3.05, 3.63) is 81.2 Å². The molecule has 1 unspecified atom stereocenters. The second kappa shape index (κ2) is 6.44. The highest BCUT2D eigenvalue weighted by Gasteiger charge is 2.35. The van der Waals surface area contributed by atoms with Crippen LogP contribution in [0.3, 0.4) is 0 Å². The first-order valence-corrected chi connectivity index (χ1v) is 8.73. The molecule has 5 heteroatoms. The van der Waals surface area contributed by atoms with Crippen molar-refractivity contribution in [2.45, 2.75) is 18.8 Å². The third-order valence-corrected chi connectivity index (χ3v) is 5.16. The van der Waals surface area contributed by atoms with E-state index in [9.17, 15) is 5.26 Å². The van der Waals surface area contributed by atoms with E-state index >= 15 is 0 Å². The summed E-state index contributed by atoms with van der Waals surface area (Å²) in [5, 5.41) is 10.3. The number of rotatable bonds is 2. The van der Waals surface area contributed by atoms with Gasteiger partial charge in [0.25, 0.3) is 0 Å². The Balaban J connectivity index is 1.90. The van der Waals surface area contributed by atoms with Gasteiger partial charge < -0.3 is 15.2 Å². The molecular formula is C21H17ClN2O2. The summed E-state index contributed by atoms with van der Waals surface area (Å²) in [5.74, 6) is 1.48. The number of halogens is 1. The predicted octanol–water partition coefficient (Wildman–Crippen LogP) is 4.51. The van der Waals surface area contributed by atoms with E-state index in [4.69, 9.17) is 26.8 Å². The molecule has 1 heterocycles. The maximum absolute atomic E-state index is 9.68. The first-order chi connectivity index (χ1) is 12.6. The number of aryl methyl sites for hydroxylation is 1. The summed E-state index contributed by atoms with van der Waals surface area (Å²) < 4.78 is 11.2. The van der Waals surface area contributed by atoms with Crippen LogP contribution in [0.5, 0.6) is 5.75 Å². The number of nitriles is 1. The molecule has 26 heavy (non-hydrogen) atoms. The molecule has 0 saturated heterocycles. The predicted molar refractivity (Wildman–Crippen MR) is 100 cm³/mol. The molecule has 1 aliphatic carbocycles. The number of fused-ring (bicyclic) bond motifs is 2. The maximum Gasteiger partial charge on any atom is 0.205 e. The largest absolute Gasteiger partial charge is 0.497 e. The number of methoxy groups -OCH3 is 1. The molecule has 0 amide bonds. The Morgan fingerprint density at radius 3 is 2.81 bits per heavy atom. The van der Waals surface area contributed by atoms with Gasteiger partial charge in [0.15, 0.2) is 0 Å². The molecule has 130 valence electrons. The number of benzene rings is 2. The van der Waals surface area contributed by atoms with Crippen LogP contribution in [0.4, 0.5) is 0 Å². The van der Waals surface area contributed by atoms with Crippen molar-refractivity contribution < 1.29 is 9.47 Å². The van der Waals surface area contributed by atoms with Gasteiger partial charge in [0.05, 0.1) is 7.11 Å². The summed E-state index contributed by atoms with van der Waals surface area (Å²) >= 11 is 6.19. The number of allylic oxidation sites excluding steroid dienone is 2. The van der Waals surface area contributed by atoms with Crippen LogP contribution in [0.25, 0.3) is 5.76 Å². The first kappa shape index (κ1) is 16.6. The number of nitrogens with zero attached hydrogens (tertiary/aromatic N) is 1. The van der Waals surface area contributed by atoms with E-state index in [1.165, 1.54) is 0 Å². The van der Waals surface area contributed by atoms with Gasteiger partial charge in [-0.3, -0.25) is 0 Å². The Bertz CT molecular complexity index is 1000. The van der Waals surface area contributed by atoms with Crippen LogP contribution in [-0.4, -0.2) is 7.11 Å². The fourth-order valence-corrected chi connectivity index (χ4v) is 3.93. The Labute approximate surface area is 157 Å². The quantitative estimate of drug-likeness (QED) is 0.851. The number of nitrogens with two attached hydrogens (primary N) is 1. The normalized spacial score (nSPS) is 18.6. The van der Waals surface area contributed by atoms with Crippen molar-refractivity contribution >= 4 is 17.4 Å². The minimum absolute atomic E-state index is 0.153. The van der Waals surface area contributed by atoms with Crippen LogP contribution in [0.15, 0.2) is 59.5 Å². The van der Waals surface area contributed by atoms with Gasteiger partial charge in [0.1, 0.15) is 23.2 Å². The lowest BCUT2D eigenvalue weighted by Crippen LogP contribution is -2.23. The average Bonchev–Trinajstić information content (AvgIpc) is 2.66. The summed E-state index contributed by atoms with van der Waals surface area (Å²) in [5.41, 5.74) is 10.7. The van der Waals surface area contributed by atoms with Gasteiger partial charge in [-0.15, -0.1) is 0 Å². The highest BCUT2D eigenvalue weighted by molar-refractivity contribution is 6.30. The van der Waals surface area contributed by atoms with Gasteiger partial charge in [0, 0.05) is 16.5 Å². The maximum atomic E-state index is 9.68. The molecule has 1 atom stereocenters. The average molecular weight is 365 g/mol. The molecule has 0 fully saturated rings. The standard InChI is InChI=1S/C21H17ClN2O2/c1-25-15-6-8-16-12(10-15)5-7-17-19(13-3-2-4-14(22)9-13)18(11-23)21(24)26-20(16)17/h2-4,6,8-10,19H,5,7,24H2,1H3. The van der Waals surface area contributed by atoms with Gasteiger partial charge in [-0.05, 0) is 59.9 Å². The van der Waals surface area contributed by atoms with Crippen LogP contribution >= 0.6 is 11.6 Å². The van der Waals surface area contributed by atoms with Crippen LogP contribution in [0, 0.1) is 11.3 Å². The molecule has 1 aliphatic heterocycles. The van der Waals surface area contributed by atoms with E-state index in [1.807, 2.05) is 42.5 Å². The summed E-state index contributed by atoms with van der Waals surface area (Å²) in [7, 11) is 1.65. The van der Waals surface area contributed by atoms with Gasteiger partial charge in [-0.1, -0.05) is 23.7 Å². The molecular weight excluding hydrogens is 348 g/mol. The van der Waals surface area contributed by atoms with Gasteiger partial charge in [0.2, 0.25) is 5.88 Å².